The second-order valence-electron chi connectivity index (χ2n) is 8.80. The van der Waals surface area contributed by atoms with Crippen LogP contribution in [0.15, 0.2) is 84.0 Å². The second-order valence-corrected chi connectivity index (χ2v) is 10.8. The van der Waals surface area contributed by atoms with Gasteiger partial charge in [-0.15, -0.1) is 0 Å². The Hall–Kier alpha value is -4.42. The van der Waals surface area contributed by atoms with E-state index in [-0.39, 0.29) is 55.9 Å². The van der Waals surface area contributed by atoms with Gasteiger partial charge in [-0.1, -0.05) is 30.3 Å². The number of benzene rings is 2. The van der Waals surface area contributed by atoms with Gasteiger partial charge >= 0.3 is 7.60 Å². The first kappa shape index (κ1) is 28.1. The van der Waals surface area contributed by atoms with Crippen LogP contribution in [0.2, 0.25) is 0 Å². The molecule has 4 aromatic rings. The summed E-state index contributed by atoms with van der Waals surface area (Å²) in [7, 11) is -2.24. The van der Waals surface area contributed by atoms with E-state index >= 15 is 0 Å². The maximum Gasteiger partial charge on any atom is 0.356 e. The molecule has 214 valence electrons. The lowest BCUT2D eigenvalue weighted by molar-refractivity contribution is 0.115. The largest absolute Gasteiger partial charge is 0.497 e. The monoisotopic (exact) mass is 581 g/mol. The Morgan fingerprint density at radius 2 is 1.83 bits per heavy atom. The summed E-state index contributed by atoms with van der Waals surface area (Å²) in [5.41, 5.74) is 7.18. The number of imidazole rings is 1. The molecule has 0 amide bonds. The van der Waals surface area contributed by atoms with E-state index in [1.54, 1.807) is 35.9 Å². The molecule has 0 radical (unpaired) electrons. The molecule has 14 heteroatoms. The van der Waals surface area contributed by atoms with Crippen molar-refractivity contribution in [2.45, 2.75) is 13.2 Å². The lowest BCUT2D eigenvalue weighted by Crippen LogP contribution is -2.13. The van der Waals surface area contributed by atoms with Gasteiger partial charge in [0.25, 0.3) is 11.5 Å². The molecule has 1 unspecified atom stereocenters. The van der Waals surface area contributed by atoms with Crippen LogP contribution in [-0.4, -0.2) is 46.2 Å². The fourth-order valence-corrected chi connectivity index (χ4v) is 5.16. The van der Waals surface area contributed by atoms with Crippen LogP contribution in [0.3, 0.4) is 0 Å². The number of hydrogen-bond acceptors (Lipinski definition) is 11. The van der Waals surface area contributed by atoms with Crippen molar-refractivity contribution in [3.8, 4) is 5.75 Å². The number of nitrogens with zero attached hydrogens (tertiary/aromatic N) is 3. The van der Waals surface area contributed by atoms with E-state index in [2.05, 4.69) is 21.5 Å². The third kappa shape index (κ3) is 6.84. The summed E-state index contributed by atoms with van der Waals surface area (Å²) < 4.78 is 49.2. The molecule has 0 spiro atoms. The Kier molecular flexibility index (Phi) is 8.50. The van der Waals surface area contributed by atoms with E-state index in [9.17, 15) is 9.36 Å². The first-order valence-corrected chi connectivity index (χ1v) is 14.2. The molecular formula is C27H28N5O8P. The molecule has 2 aromatic carbocycles. The van der Waals surface area contributed by atoms with Crippen molar-refractivity contribution in [3.63, 3.8) is 0 Å². The topological polar surface area (TPSA) is 162 Å². The molecule has 1 aliphatic rings. The SMILES string of the molecule is C=C1OC(COP(=O)(COCCn2cnc3c(=O)[nH]c(N)nc32)OCc2ccccc2)=C(c2ccc(OC)cc2)O1. The average molecular weight is 582 g/mol. The summed E-state index contributed by atoms with van der Waals surface area (Å²) in [5.74, 6) is 1.37. The Bertz CT molecular complexity index is 1670. The van der Waals surface area contributed by atoms with Crippen molar-refractivity contribution in [1.82, 2.24) is 19.5 Å². The first-order valence-electron chi connectivity index (χ1n) is 12.5. The van der Waals surface area contributed by atoms with Crippen LogP contribution in [0.4, 0.5) is 5.95 Å². The predicted octanol–water partition coefficient (Wildman–Crippen LogP) is 4.00. The zero-order valence-corrected chi connectivity index (χ0v) is 23.0. The molecule has 13 nitrogen and oxygen atoms in total. The Labute approximate surface area is 234 Å². The first-order chi connectivity index (χ1) is 19.8. The van der Waals surface area contributed by atoms with E-state index in [0.29, 0.717) is 22.7 Å². The van der Waals surface area contributed by atoms with Gasteiger partial charge < -0.3 is 33.8 Å². The number of aromatic nitrogens is 4. The lowest BCUT2D eigenvalue weighted by Gasteiger charge is -2.19. The van der Waals surface area contributed by atoms with Crippen molar-refractivity contribution < 1.29 is 32.6 Å². The fourth-order valence-electron chi connectivity index (χ4n) is 3.92. The number of hydrogen-bond donors (Lipinski definition) is 2. The number of nitrogens with one attached hydrogen (secondary N) is 1. The molecule has 0 fully saturated rings. The minimum absolute atomic E-state index is 0.0264. The molecule has 3 heterocycles. The quantitative estimate of drug-likeness (QED) is 0.173. The number of fused-ring (bicyclic) bond motifs is 1. The highest BCUT2D eigenvalue weighted by atomic mass is 31.2. The third-order valence-electron chi connectivity index (χ3n) is 5.94. The molecule has 0 saturated heterocycles. The Balaban J connectivity index is 1.27. The van der Waals surface area contributed by atoms with Gasteiger partial charge in [0.05, 0.1) is 26.7 Å². The van der Waals surface area contributed by atoms with Crippen molar-refractivity contribution in [3.05, 3.63) is 101 Å². The summed E-state index contributed by atoms with van der Waals surface area (Å²) in [6.45, 7) is 3.88. The standard InChI is InChI=1S/C27H28N5O8P/c1-18-39-22(24(40-18)20-8-10-21(35-2)11-9-20)15-38-41(34,37-14-19-6-4-3-5-7-19)17-36-13-12-32-16-29-23-25(32)30-27(28)31-26(23)33/h3-11,16H,1,12-15,17H2,2H3,(H3,28,30,31,33). The van der Waals surface area contributed by atoms with E-state index in [0.717, 1.165) is 5.56 Å². The van der Waals surface area contributed by atoms with Crippen LogP contribution in [0.25, 0.3) is 16.9 Å². The molecule has 0 saturated carbocycles. The van der Waals surface area contributed by atoms with E-state index in [4.69, 9.17) is 33.7 Å². The molecule has 3 N–H and O–H groups in total. The highest BCUT2D eigenvalue weighted by molar-refractivity contribution is 7.53. The molecule has 5 rings (SSSR count). The normalized spacial score (nSPS) is 14.6. The maximum absolute atomic E-state index is 13.8. The smallest absolute Gasteiger partial charge is 0.356 e. The molecule has 2 aromatic heterocycles. The summed E-state index contributed by atoms with van der Waals surface area (Å²) >= 11 is 0. The molecule has 1 atom stereocenters. The number of methoxy groups -OCH3 is 1. The van der Waals surface area contributed by atoms with E-state index in [1.807, 2.05) is 30.3 Å². The van der Waals surface area contributed by atoms with Crippen LogP contribution in [0.5, 0.6) is 5.75 Å². The number of nitrogens with two attached hydrogens (primary N) is 1. The van der Waals surface area contributed by atoms with Gasteiger partial charge in [-0.05, 0) is 36.4 Å². The third-order valence-corrected chi connectivity index (χ3v) is 7.48. The highest BCUT2D eigenvalue weighted by Gasteiger charge is 2.30. The van der Waals surface area contributed by atoms with Gasteiger partial charge in [0.15, 0.2) is 22.7 Å². The lowest BCUT2D eigenvalue weighted by atomic mass is 10.1. The summed E-state index contributed by atoms with van der Waals surface area (Å²) in [4.78, 5) is 22.6. The van der Waals surface area contributed by atoms with Gasteiger partial charge in [-0.25, -0.2) is 4.98 Å². The Morgan fingerprint density at radius 1 is 1.07 bits per heavy atom. The molecule has 0 bridgehead atoms. The van der Waals surface area contributed by atoms with Crippen LogP contribution < -0.4 is 16.0 Å². The zero-order valence-electron chi connectivity index (χ0n) is 22.1. The van der Waals surface area contributed by atoms with Gasteiger partial charge in [0, 0.05) is 12.1 Å². The zero-order chi connectivity index (χ0) is 28.8. The molecule has 1 aliphatic heterocycles. The van der Waals surface area contributed by atoms with Crippen LogP contribution in [0.1, 0.15) is 11.1 Å². The number of nitrogen functional groups attached to an aromatic ring is 1. The summed E-state index contributed by atoms with van der Waals surface area (Å²) in [5, 5.41) is 0. The number of H-pyrrole nitrogens is 1. The highest BCUT2D eigenvalue weighted by Crippen LogP contribution is 2.50. The van der Waals surface area contributed by atoms with Crippen LogP contribution in [-0.2, 0) is 41.0 Å². The maximum atomic E-state index is 13.8. The van der Waals surface area contributed by atoms with E-state index in [1.165, 1.54) is 6.33 Å². The van der Waals surface area contributed by atoms with Crippen molar-refractivity contribution in [1.29, 1.82) is 0 Å². The minimum Gasteiger partial charge on any atom is -0.497 e. The number of ether oxygens (including phenoxy) is 4. The molecule has 0 aliphatic carbocycles. The Morgan fingerprint density at radius 3 is 2.59 bits per heavy atom. The predicted molar refractivity (Wildman–Crippen MR) is 149 cm³/mol. The van der Waals surface area contributed by atoms with Gasteiger partial charge in [-0.2, -0.15) is 4.98 Å². The number of rotatable bonds is 13. The summed E-state index contributed by atoms with van der Waals surface area (Å²) in [6, 6.07) is 16.4. The minimum atomic E-state index is -3.82. The molecular weight excluding hydrogens is 553 g/mol. The summed E-state index contributed by atoms with van der Waals surface area (Å²) in [6.07, 6.45) is 1.10. The van der Waals surface area contributed by atoms with E-state index < -0.39 is 13.2 Å². The van der Waals surface area contributed by atoms with Gasteiger partial charge in [0.1, 0.15) is 18.7 Å². The number of anilines is 1. The van der Waals surface area contributed by atoms with Crippen molar-refractivity contribution in [2.75, 3.05) is 32.4 Å². The van der Waals surface area contributed by atoms with Crippen molar-refractivity contribution in [2.24, 2.45) is 0 Å². The fraction of sp³-hybridized carbons (Fsp3) is 0.222. The molecule has 41 heavy (non-hydrogen) atoms. The van der Waals surface area contributed by atoms with Crippen LogP contribution in [0, 0.1) is 0 Å². The van der Waals surface area contributed by atoms with Gasteiger partial charge in [0.2, 0.25) is 5.95 Å². The second kappa shape index (κ2) is 12.4. The van der Waals surface area contributed by atoms with Crippen LogP contribution >= 0.6 is 7.60 Å². The number of aromatic amines is 1. The average Bonchev–Trinajstić information content (AvgIpc) is 3.57. The van der Waals surface area contributed by atoms with Gasteiger partial charge in [-0.3, -0.25) is 18.9 Å². The van der Waals surface area contributed by atoms with Crippen molar-refractivity contribution >= 4 is 30.5 Å².